The summed E-state index contributed by atoms with van der Waals surface area (Å²) in [4.78, 5) is 16.8. The fourth-order valence-corrected chi connectivity index (χ4v) is 4.30. The van der Waals surface area contributed by atoms with E-state index in [-0.39, 0.29) is 5.91 Å². The summed E-state index contributed by atoms with van der Waals surface area (Å²) in [7, 11) is 3.28. The number of aromatic nitrogens is 1. The molecule has 1 aromatic heterocycles. The van der Waals surface area contributed by atoms with Crippen molar-refractivity contribution in [3.8, 4) is 17.2 Å². The van der Waals surface area contributed by atoms with Crippen LogP contribution in [0.25, 0.3) is 0 Å². The zero-order valence-electron chi connectivity index (χ0n) is 17.1. The van der Waals surface area contributed by atoms with Crippen LogP contribution in [-0.4, -0.2) is 31.2 Å². The third-order valence-corrected chi connectivity index (χ3v) is 5.98. The number of amides is 1. The molecule has 30 heavy (non-hydrogen) atoms. The Morgan fingerprint density at radius 2 is 1.77 bits per heavy atom. The first-order valence-corrected chi connectivity index (χ1v) is 11.4. The zero-order valence-corrected chi connectivity index (χ0v) is 18.7. The maximum atomic E-state index is 12.3. The summed E-state index contributed by atoms with van der Waals surface area (Å²) >= 11 is 3.14. The first-order valence-electron chi connectivity index (χ1n) is 9.34. The molecule has 0 spiro atoms. The number of anilines is 1. The van der Waals surface area contributed by atoms with Crippen molar-refractivity contribution in [1.82, 2.24) is 4.98 Å². The fraction of sp³-hybridized carbons (Fsp3) is 0.273. The van der Waals surface area contributed by atoms with Crippen molar-refractivity contribution in [2.75, 3.05) is 19.5 Å². The van der Waals surface area contributed by atoms with Crippen LogP contribution in [0.1, 0.15) is 18.2 Å². The minimum atomic E-state index is -0.614. The van der Waals surface area contributed by atoms with Crippen LogP contribution in [0.2, 0.25) is 0 Å². The molecule has 0 saturated carbocycles. The topological polar surface area (TPSA) is 69.7 Å². The van der Waals surface area contributed by atoms with Gasteiger partial charge in [0.25, 0.3) is 5.91 Å². The molecule has 1 N–H and O–H groups in total. The number of benzene rings is 2. The fourth-order valence-electron chi connectivity index (χ4n) is 2.62. The first kappa shape index (κ1) is 22.0. The summed E-state index contributed by atoms with van der Waals surface area (Å²) in [5.41, 5.74) is 2.04. The standard InChI is InChI=1S/C22H24N2O4S2/c1-15(28-18-7-5-4-6-8-18)21(25)24-22-23-17(14-30-22)13-29-12-16-9-19(26-2)11-20(10-16)27-3/h4-11,14-15H,12-13H2,1-3H3,(H,23,24,25)/t15-/m1/s1. The van der Waals surface area contributed by atoms with Gasteiger partial charge in [0, 0.05) is 23.0 Å². The highest BCUT2D eigenvalue weighted by molar-refractivity contribution is 7.97. The third kappa shape index (κ3) is 6.40. The minimum absolute atomic E-state index is 0.226. The molecule has 0 bridgehead atoms. The number of methoxy groups -OCH3 is 2. The monoisotopic (exact) mass is 444 g/mol. The van der Waals surface area contributed by atoms with Gasteiger partial charge >= 0.3 is 0 Å². The van der Waals surface area contributed by atoms with Gasteiger partial charge in [-0.25, -0.2) is 4.98 Å². The van der Waals surface area contributed by atoms with Gasteiger partial charge in [0.1, 0.15) is 17.2 Å². The molecule has 0 radical (unpaired) electrons. The Hall–Kier alpha value is -2.71. The number of thiazole rings is 1. The Labute approximate surface area is 184 Å². The SMILES string of the molecule is COc1cc(CSCc2csc(NC(=O)[C@@H](C)Oc3ccccc3)n2)cc(OC)c1. The average molecular weight is 445 g/mol. The molecule has 0 aliphatic carbocycles. The van der Waals surface area contributed by atoms with Gasteiger partial charge in [0.05, 0.1) is 19.9 Å². The van der Waals surface area contributed by atoms with Crippen molar-refractivity contribution in [2.45, 2.75) is 24.5 Å². The van der Waals surface area contributed by atoms with Crippen LogP contribution in [0, 0.1) is 0 Å². The molecule has 0 unspecified atom stereocenters. The largest absolute Gasteiger partial charge is 0.497 e. The quantitative estimate of drug-likeness (QED) is 0.475. The summed E-state index contributed by atoms with van der Waals surface area (Å²) < 4.78 is 16.3. The van der Waals surface area contributed by atoms with Crippen LogP contribution in [0.3, 0.4) is 0 Å². The van der Waals surface area contributed by atoms with E-state index >= 15 is 0 Å². The van der Waals surface area contributed by atoms with Gasteiger partial charge in [-0.15, -0.1) is 11.3 Å². The summed E-state index contributed by atoms with van der Waals surface area (Å²) in [6.45, 7) is 1.72. The molecule has 0 aliphatic rings. The summed E-state index contributed by atoms with van der Waals surface area (Å²) in [6.07, 6.45) is -0.614. The highest BCUT2D eigenvalue weighted by Crippen LogP contribution is 2.27. The van der Waals surface area contributed by atoms with E-state index in [1.807, 2.05) is 53.9 Å². The average Bonchev–Trinajstić information content (AvgIpc) is 3.21. The second-order valence-electron chi connectivity index (χ2n) is 6.42. The second-order valence-corrected chi connectivity index (χ2v) is 8.26. The number of nitrogens with one attached hydrogen (secondary N) is 1. The molecule has 0 saturated heterocycles. The predicted octanol–water partition coefficient (Wildman–Crippen LogP) is 5.00. The number of hydrogen-bond donors (Lipinski definition) is 1. The van der Waals surface area contributed by atoms with Crippen LogP contribution in [0.15, 0.2) is 53.9 Å². The Balaban J connectivity index is 1.48. The van der Waals surface area contributed by atoms with E-state index in [1.165, 1.54) is 11.3 Å². The molecule has 1 atom stereocenters. The van der Waals surface area contributed by atoms with E-state index in [2.05, 4.69) is 10.3 Å². The van der Waals surface area contributed by atoms with Crippen LogP contribution in [0.5, 0.6) is 17.2 Å². The Kier molecular flexibility index (Phi) is 7.98. The van der Waals surface area contributed by atoms with Gasteiger partial charge in [0.2, 0.25) is 0 Å². The van der Waals surface area contributed by atoms with Gasteiger partial charge in [-0.05, 0) is 36.8 Å². The highest BCUT2D eigenvalue weighted by atomic mass is 32.2. The lowest BCUT2D eigenvalue weighted by molar-refractivity contribution is -0.122. The maximum Gasteiger partial charge on any atom is 0.266 e. The number of carbonyl (C=O) groups excluding carboxylic acids is 1. The summed E-state index contributed by atoms with van der Waals surface area (Å²) in [5, 5.41) is 5.35. The van der Waals surface area contributed by atoms with Gasteiger partial charge < -0.3 is 14.2 Å². The molecule has 0 aliphatic heterocycles. The van der Waals surface area contributed by atoms with E-state index in [1.54, 1.807) is 32.9 Å². The Morgan fingerprint density at radius 3 is 2.43 bits per heavy atom. The lowest BCUT2D eigenvalue weighted by atomic mass is 10.2. The van der Waals surface area contributed by atoms with Crippen LogP contribution in [0.4, 0.5) is 5.13 Å². The highest BCUT2D eigenvalue weighted by Gasteiger charge is 2.16. The van der Waals surface area contributed by atoms with Crippen LogP contribution in [-0.2, 0) is 16.3 Å². The molecule has 158 valence electrons. The van der Waals surface area contributed by atoms with Crippen molar-refractivity contribution in [3.05, 3.63) is 65.2 Å². The molecule has 8 heteroatoms. The molecule has 2 aromatic carbocycles. The van der Waals surface area contributed by atoms with Crippen molar-refractivity contribution >= 4 is 34.1 Å². The number of carbonyl (C=O) groups is 1. The number of rotatable bonds is 10. The van der Waals surface area contributed by atoms with E-state index in [9.17, 15) is 4.79 Å². The molecule has 3 aromatic rings. The predicted molar refractivity (Wildman–Crippen MR) is 122 cm³/mol. The number of ether oxygens (including phenoxy) is 3. The number of thioether (sulfide) groups is 1. The van der Waals surface area contributed by atoms with Crippen molar-refractivity contribution in [1.29, 1.82) is 0 Å². The van der Waals surface area contributed by atoms with Gasteiger partial charge in [0.15, 0.2) is 11.2 Å². The Bertz CT molecular complexity index is 941. The molecule has 6 nitrogen and oxygen atoms in total. The van der Waals surface area contributed by atoms with Crippen molar-refractivity contribution in [2.24, 2.45) is 0 Å². The molecular formula is C22H24N2O4S2. The number of hydrogen-bond acceptors (Lipinski definition) is 7. The lowest BCUT2D eigenvalue weighted by Crippen LogP contribution is -2.30. The number of para-hydroxylation sites is 1. The van der Waals surface area contributed by atoms with Gasteiger partial charge in [-0.2, -0.15) is 11.8 Å². The maximum absolute atomic E-state index is 12.3. The van der Waals surface area contributed by atoms with Crippen molar-refractivity contribution < 1.29 is 19.0 Å². The van der Waals surface area contributed by atoms with Crippen LogP contribution < -0.4 is 19.5 Å². The summed E-state index contributed by atoms with van der Waals surface area (Å²) in [6, 6.07) is 15.1. The molecule has 0 fully saturated rings. The van der Waals surface area contributed by atoms with E-state index in [0.29, 0.717) is 10.9 Å². The molecule has 1 heterocycles. The van der Waals surface area contributed by atoms with E-state index in [0.717, 1.165) is 34.3 Å². The van der Waals surface area contributed by atoms with Crippen LogP contribution >= 0.6 is 23.1 Å². The minimum Gasteiger partial charge on any atom is -0.497 e. The van der Waals surface area contributed by atoms with Gasteiger partial charge in [-0.3, -0.25) is 10.1 Å². The molecule has 1 amide bonds. The first-order chi connectivity index (χ1) is 14.6. The Morgan fingerprint density at radius 1 is 1.07 bits per heavy atom. The second kappa shape index (κ2) is 10.9. The lowest BCUT2D eigenvalue weighted by Gasteiger charge is -2.13. The number of nitrogens with zero attached hydrogens (tertiary/aromatic N) is 1. The van der Waals surface area contributed by atoms with E-state index < -0.39 is 6.10 Å². The molecular weight excluding hydrogens is 420 g/mol. The zero-order chi connectivity index (χ0) is 21.3. The molecule has 3 rings (SSSR count). The van der Waals surface area contributed by atoms with Gasteiger partial charge in [-0.1, -0.05) is 18.2 Å². The van der Waals surface area contributed by atoms with E-state index in [4.69, 9.17) is 14.2 Å². The smallest absolute Gasteiger partial charge is 0.266 e. The normalized spacial score (nSPS) is 11.6. The third-order valence-electron chi connectivity index (χ3n) is 4.14. The summed E-state index contributed by atoms with van der Waals surface area (Å²) in [5.74, 6) is 3.52. The van der Waals surface area contributed by atoms with Crippen molar-refractivity contribution in [3.63, 3.8) is 0 Å².